The van der Waals surface area contributed by atoms with E-state index < -0.39 is 0 Å². The van der Waals surface area contributed by atoms with Crippen molar-refractivity contribution >= 4 is 17.4 Å². The number of pyridine rings is 1. The van der Waals surface area contributed by atoms with Gasteiger partial charge in [0.2, 0.25) is 0 Å². The Labute approximate surface area is 207 Å². The fraction of sp³-hybridized carbons (Fsp3) is 0.370. The maximum Gasteiger partial charge on any atom is 0.135 e. The van der Waals surface area contributed by atoms with Crippen molar-refractivity contribution in [2.75, 3.05) is 31.6 Å². The van der Waals surface area contributed by atoms with Gasteiger partial charge in [-0.25, -0.2) is 4.98 Å². The smallest absolute Gasteiger partial charge is 0.135 e. The number of rotatable bonds is 12. The van der Waals surface area contributed by atoms with Gasteiger partial charge in [-0.1, -0.05) is 43.6 Å². The minimum Gasteiger partial charge on any atom is -0.492 e. The molecule has 6 nitrogen and oxygen atoms in total. The number of halogens is 1. The van der Waals surface area contributed by atoms with Crippen molar-refractivity contribution < 1.29 is 4.74 Å². The Balaban J connectivity index is 1.28. The first-order valence-electron chi connectivity index (χ1n) is 12.1. The van der Waals surface area contributed by atoms with Crippen molar-refractivity contribution in [3.8, 4) is 0 Å². The number of ether oxygens (including phenoxy) is 1. The molecule has 2 aliphatic rings. The first-order valence-corrected chi connectivity index (χ1v) is 12.4. The molecule has 0 saturated heterocycles. The minimum atomic E-state index is 0.103. The zero-order valence-electron chi connectivity index (χ0n) is 20.0. The van der Waals surface area contributed by atoms with Crippen molar-refractivity contribution in [2.45, 2.75) is 39.4 Å². The van der Waals surface area contributed by atoms with Gasteiger partial charge in [0, 0.05) is 48.7 Å². The van der Waals surface area contributed by atoms with E-state index in [1.165, 1.54) is 22.3 Å². The molecule has 3 N–H and O–H groups in total. The number of hydrogen-bond acceptors (Lipinski definition) is 6. The summed E-state index contributed by atoms with van der Waals surface area (Å²) in [6.07, 6.45) is 10.1. The number of nitrogens with zero attached hydrogens (tertiary/aromatic N) is 2. The second-order valence-corrected chi connectivity index (χ2v) is 8.96. The molecule has 0 aliphatic carbocycles. The van der Waals surface area contributed by atoms with Crippen LogP contribution in [0.4, 0.5) is 5.82 Å². The van der Waals surface area contributed by atoms with E-state index in [4.69, 9.17) is 16.3 Å². The van der Waals surface area contributed by atoms with Crippen LogP contribution in [0.2, 0.25) is 5.02 Å². The largest absolute Gasteiger partial charge is 0.492 e. The number of anilines is 1. The summed E-state index contributed by atoms with van der Waals surface area (Å²) in [5.74, 6) is 1.75. The quantitative estimate of drug-likeness (QED) is 0.379. The van der Waals surface area contributed by atoms with Gasteiger partial charge in [-0.05, 0) is 60.5 Å². The Morgan fingerprint density at radius 1 is 1.03 bits per heavy atom. The van der Waals surface area contributed by atoms with Crippen LogP contribution in [0.5, 0.6) is 0 Å². The van der Waals surface area contributed by atoms with E-state index in [2.05, 4.69) is 58.0 Å². The van der Waals surface area contributed by atoms with Gasteiger partial charge >= 0.3 is 0 Å². The molecule has 0 radical (unpaired) electrons. The Bertz CT molecular complexity index is 1030. The SMILES string of the molecule is CCN(CC)CCCOC1=CNC2NC=C(Cc3ccc(NCc4ccc(Cl)cc4)nc3)C2=C1. The molecule has 7 heteroatoms. The van der Waals surface area contributed by atoms with Crippen LogP contribution < -0.4 is 16.0 Å². The van der Waals surface area contributed by atoms with Gasteiger partial charge in [0.15, 0.2) is 0 Å². The van der Waals surface area contributed by atoms with Gasteiger partial charge in [-0.2, -0.15) is 0 Å². The third-order valence-electron chi connectivity index (χ3n) is 6.18. The fourth-order valence-corrected chi connectivity index (χ4v) is 4.25. The van der Waals surface area contributed by atoms with Crippen molar-refractivity contribution in [2.24, 2.45) is 0 Å². The number of nitrogens with one attached hydrogen (secondary N) is 3. The summed E-state index contributed by atoms with van der Waals surface area (Å²) in [6, 6.07) is 12.0. The van der Waals surface area contributed by atoms with Crippen molar-refractivity contribution in [1.29, 1.82) is 0 Å². The molecule has 0 saturated carbocycles. The van der Waals surface area contributed by atoms with Crippen LogP contribution in [-0.2, 0) is 17.7 Å². The van der Waals surface area contributed by atoms with E-state index in [0.29, 0.717) is 6.54 Å². The minimum absolute atomic E-state index is 0.103. The highest BCUT2D eigenvalue weighted by atomic mass is 35.5. The Morgan fingerprint density at radius 2 is 1.79 bits per heavy atom. The second kappa shape index (κ2) is 12.0. The zero-order chi connectivity index (χ0) is 23.8. The van der Waals surface area contributed by atoms with Gasteiger partial charge in [0.1, 0.15) is 17.7 Å². The molecule has 1 unspecified atom stereocenters. The number of fused-ring (bicyclic) bond motifs is 1. The van der Waals surface area contributed by atoms with E-state index in [-0.39, 0.29) is 6.17 Å². The lowest BCUT2D eigenvalue weighted by atomic mass is 9.98. The van der Waals surface area contributed by atoms with Crippen molar-refractivity contribution in [3.05, 3.63) is 94.1 Å². The van der Waals surface area contributed by atoms with E-state index in [9.17, 15) is 0 Å². The Hall–Kier alpha value is -2.96. The zero-order valence-corrected chi connectivity index (χ0v) is 20.7. The summed E-state index contributed by atoms with van der Waals surface area (Å²) in [5.41, 5.74) is 4.81. The fourth-order valence-electron chi connectivity index (χ4n) is 4.12. The lowest BCUT2D eigenvalue weighted by Gasteiger charge is -2.22. The van der Waals surface area contributed by atoms with Gasteiger partial charge in [0.05, 0.1) is 6.61 Å². The molecule has 1 aromatic heterocycles. The summed E-state index contributed by atoms with van der Waals surface area (Å²) in [6.45, 7) is 9.06. The first kappa shape index (κ1) is 24.2. The van der Waals surface area contributed by atoms with E-state index in [1.54, 1.807) is 0 Å². The lowest BCUT2D eigenvalue weighted by Crippen LogP contribution is -2.37. The molecule has 0 bridgehead atoms. The monoisotopic (exact) mass is 479 g/mol. The van der Waals surface area contributed by atoms with Crippen molar-refractivity contribution in [1.82, 2.24) is 20.5 Å². The third-order valence-corrected chi connectivity index (χ3v) is 6.44. The molecular weight excluding hydrogens is 446 g/mol. The Morgan fingerprint density at radius 3 is 2.53 bits per heavy atom. The molecule has 0 fully saturated rings. The van der Waals surface area contributed by atoms with E-state index in [0.717, 1.165) is 55.7 Å². The van der Waals surface area contributed by atoms with Gasteiger partial charge in [0.25, 0.3) is 0 Å². The van der Waals surface area contributed by atoms with E-state index >= 15 is 0 Å². The maximum absolute atomic E-state index is 6.03. The van der Waals surface area contributed by atoms with Gasteiger partial charge < -0.3 is 25.6 Å². The molecule has 3 heterocycles. The van der Waals surface area contributed by atoms with Crippen LogP contribution in [-0.4, -0.2) is 42.3 Å². The summed E-state index contributed by atoms with van der Waals surface area (Å²) in [7, 11) is 0. The summed E-state index contributed by atoms with van der Waals surface area (Å²) in [4.78, 5) is 7.01. The molecule has 1 aromatic carbocycles. The molecule has 180 valence electrons. The number of benzene rings is 1. The number of allylic oxidation sites excluding steroid dienone is 1. The highest BCUT2D eigenvalue weighted by Crippen LogP contribution is 2.27. The molecule has 1 atom stereocenters. The summed E-state index contributed by atoms with van der Waals surface area (Å²) < 4.78 is 6.03. The number of hydrogen-bond donors (Lipinski definition) is 3. The van der Waals surface area contributed by atoms with Crippen LogP contribution in [0.1, 0.15) is 31.4 Å². The van der Waals surface area contributed by atoms with E-state index in [1.807, 2.05) is 42.7 Å². The Kier molecular flexibility index (Phi) is 8.50. The number of dihydropyridines is 1. The molecular formula is C27H34ClN5O. The van der Waals surface area contributed by atoms with Crippen LogP contribution >= 0.6 is 11.6 Å². The normalized spacial score (nSPS) is 16.7. The average molecular weight is 480 g/mol. The molecule has 0 spiro atoms. The van der Waals surface area contributed by atoms with Gasteiger partial charge in [-0.3, -0.25) is 0 Å². The van der Waals surface area contributed by atoms with Gasteiger partial charge in [-0.15, -0.1) is 0 Å². The highest BCUT2D eigenvalue weighted by molar-refractivity contribution is 6.30. The van der Waals surface area contributed by atoms with Crippen LogP contribution in [0.25, 0.3) is 0 Å². The molecule has 0 amide bonds. The maximum atomic E-state index is 6.03. The van der Waals surface area contributed by atoms with Crippen LogP contribution in [0.3, 0.4) is 0 Å². The summed E-state index contributed by atoms with van der Waals surface area (Å²) >= 11 is 5.95. The molecule has 2 aromatic rings. The first-order chi connectivity index (χ1) is 16.6. The van der Waals surface area contributed by atoms with Crippen LogP contribution in [0, 0.1) is 0 Å². The number of aromatic nitrogens is 1. The lowest BCUT2D eigenvalue weighted by molar-refractivity contribution is 0.192. The van der Waals surface area contributed by atoms with Crippen molar-refractivity contribution in [3.63, 3.8) is 0 Å². The predicted octanol–water partition coefficient (Wildman–Crippen LogP) is 4.82. The topological polar surface area (TPSA) is 61.5 Å². The second-order valence-electron chi connectivity index (χ2n) is 8.52. The molecule has 4 rings (SSSR count). The molecule has 2 aliphatic heterocycles. The van der Waals surface area contributed by atoms with Crippen LogP contribution in [0.15, 0.2) is 78.0 Å². The highest BCUT2D eigenvalue weighted by Gasteiger charge is 2.25. The average Bonchev–Trinajstić information content (AvgIpc) is 3.26. The summed E-state index contributed by atoms with van der Waals surface area (Å²) in [5, 5.41) is 10.9. The predicted molar refractivity (Wildman–Crippen MR) is 139 cm³/mol. The molecule has 34 heavy (non-hydrogen) atoms. The standard InChI is InChI=1S/C27H34ClN5O/c1-3-33(4-2)12-5-13-34-24-15-25-22(18-31-27(25)32-19-24)14-21-8-11-26(30-17-21)29-16-20-6-9-23(28)10-7-20/h6-11,15,17-19,27,31-32H,3-5,12-14,16H2,1-2H3,(H,29,30). The third kappa shape index (κ3) is 6.55.